The zero-order valence-corrected chi connectivity index (χ0v) is 14.7. The molecule has 21 heavy (non-hydrogen) atoms. The van der Waals surface area contributed by atoms with Gasteiger partial charge in [-0.15, -0.1) is 0 Å². The number of nitrogens with one attached hydrogen (secondary N) is 1. The topological polar surface area (TPSA) is 55.4 Å². The molecule has 2 rings (SSSR count). The molecular weight excluding hydrogens is 354 g/mol. The van der Waals surface area contributed by atoms with Crippen molar-refractivity contribution in [1.82, 2.24) is 4.72 Å². The van der Waals surface area contributed by atoms with Gasteiger partial charge in [0.25, 0.3) is 0 Å². The zero-order chi connectivity index (χ0) is 15.3. The Bertz CT molecular complexity index is 568. The number of sulfonamides is 1. The van der Waals surface area contributed by atoms with Gasteiger partial charge in [0.2, 0.25) is 10.0 Å². The Hall–Kier alpha value is -0.430. The van der Waals surface area contributed by atoms with Crippen LogP contribution in [0.3, 0.4) is 0 Å². The number of ether oxygens (including phenoxy) is 1. The highest BCUT2D eigenvalue weighted by Gasteiger charge is 2.18. The largest absolute Gasteiger partial charge is 0.377 e. The smallest absolute Gasteiger partial charge is 0.241 e. The van der Waals surface area contributed by atoms with Crippen molar-refractivity contribution >= 4 is 26.0 Å². The molecule has 1 aromatic carbocycles. The molecular formula is C15H22BrNO3S. The molecule has 1 aromatic rings. The molecule has 118 valence electrons. The van der Waals surface area contributed by atoms with Crippen LogP contribution in [-0.2, 0) is 14.8 Å². The Morgan fingerprint density at radius 2 is 2.00 bits per heavy atom. The van der Waals surface area contributed by atoms with Gasteiger partial charge in [0.05, 0.1) is 17.6 Å². The van der Waals surface area contributed by atoms with E-state index in [2.05, 4.69) is 20.7 Å². The van der Waals surface area contributed by atoms with E-state index in [0.29, 0.717) is 23.7 Å². The van der Waals surface area contributed by atoms with E-state index in [1.807, 2.05) is 6.92 Å². The number of aryl methyl sites for hydroxylation is 1. The van der Waals surface area contributed by atoms with E-state index in [-0.39, 0.29) is 4.90 Å². The van der Waals surface area contributed by atoms with Crippen molar-refractivity contribution in [1.29, 1.82) is 0 Å². The highest BCUT2D eigenvalue weighted by atomic mass is 79.9. The third-order valence-electron chi connectivity index (χ3n) is 3.68. The van der Waals surface area contributed by atoms with Gasteiger partial charge in [-0.25, -0.2) is 13.1 Å². The molecule has 0 saturated heterocycles. The first-order valence-electron chi connectivity index (χ1n) is 7.36. The fraction of sp³-hybridized carbons (Fsp3) is 0.600. The molecule has 0 heterocycles. The van der Waals surface area contributed by atoms with E-state index in [4.69, 9.17) is 4.74 Å². The molecule has 1 aliphatic carbocycles. The molecule has 0 atom stereocenters. The first-order valence-corrected chi connectivity index (χ1v) is 9.64. The fourth-order valence-corrected chi connectivity index (χ4v) is 4.74. The van der Waals surface area contributed by atoms with E-state index in [1.165, 1.54) is 19.3 Å². The van der Waals surface area contributed by atoms with Gasteiger partial charge in [-0.1, -0.05) is 25.3 Å². The number of benzene rings is 1. The average molecular weight is 376 g/mol. The Morgan fingerprint density at radius 1 is 1.29 bits per heavy atom. The SMILES string of the molecule is Cc1ccc(S(=O)(=O)NCCOC2CCCCC2)c(Br)c1. The number of hydrogen-bond donors (Lipinski definition) is 1. The maximum Gasteiger partial charge on any atom is 0.241 e. The standard InChI is InChI=1S/C15H22BrNO3S/c1-12-7-8-15(14(16)11-12)21(18,19)17-9-10-20-13-5-3-2-4-6-13/h7-8,11,13,17H,2-6,9-10H2,1H3. The van der Waals surface area contributed by atoms with Gasteiger partial charge >= 0.3 is 0 Å². The highest BCUT2D eigenvalue weighted by Crippen LogP contribution is 2.23. The average Bonchev–Trinajstić information content (AvgIpc) is 2.44. The van der Waals surface area contributed by atoms with Crippen LogP contribution in [0.1, 0.15) is 37.7 Å². The normalized spacial score (nSPS) is 17.0. The van der Waals surface area contributed by atoms with E-state index >= 15 is 0 Å². The summed E-state index contributed by atoms with van der Waals surface area (Å²) in [6.45, 7) is 2.65. The maximum absolute atomic E-state index is 12.2. The summed E-state index contributed by atoms with van der Waals surface area (Å²) in [5.41, 5.74) is 1.02. The summed E-state index contributed by atoms with van der Waals surface area (Å²) in [7, 11) is -3.49. The van der Waals surface area contributed by atoms with E-state index in [1.54, 1.807) is 18.2 Å². The molecule has 6 heteroatoms. The van der Waals surface area contributed by atoms with Crippen molar-refractivity contribution in [2.45, 2.75) is 50.0 Å². The predicted molar refractivity (Wildman–Crippen MR) is 86.9 cm³/mol. The van der Waals surface area contributed by atoms with Crippen molar-refractivity contribution in [3.05, 3.63) is 28.2 Å². The third-order valence-corrected chi connectivity index (χ3v) is 6.11. The number of rotatable bonds is 6. The van der Waals surface area contributed by atoms with E-state index < -0.39 is 10.0 Å². The van der Waals surface area contributed by atoms with Gasteiger partial charge in [-0.05, 0) is 53.4 Å². The Balaban J connectivity index is 1.83. The first kappa shape index (κ1) is 16.9. The van der Waals surface area contributed by atoms with Crippen LogP contribution in [0.25, 0.3) is 0 Å². The third kappa shape index (κ3) is 5.06. The second-order valence-corrected chi connectivity index (χ2v) is 8.05. The second-order valence-electron chi connectivity index (χ2n) is 5.46. The van der Waals surface area contributed by atoms with Gasteiger partial charge in [-0.3, -0.25) is 0 Å². The summed E-state index contributed by atoms with van der Waals surface area (Å²) in [4.78, 5) is 0.269. The summed E-state index contributed by atoms with van der Waals surface area (Å²) in [5, 5.41) is 0. The van der Waals surface area contributed by atoms with Crippen LogP contribution in [-0.4, -0.2) is 27.7 Å². The highest BCUT2D eigenvalue weighted by molar-refractivity contribution is 9.10. The second kappa shape index (κ2) is 7.72. The molecule has 1 N–H and O–H groups in total. The zero-order valence-electron chi connectivity index (χ0n) is 12.3. The molecule has 1 fully saturated rings. The van der Waals surface area contributed by atoms with Gasteiger partial charge in [0.15, 0.2) is 0 Å². The molecule has 0 bridgehead atoms. The van der Waals surface area contributed by atoms with E-state index in [9.17, 15) is 8.42 Å². The lowest BCUT2D eigenvalue weighted by atomic mass is 9.98. The van der Waals surface area contributed by atoms with Crippen LogP contribution in [0, 0.1) is 6.92 Å². The Kier molecular flexibility index (Phi) is 6.22. The van der Waals surface area contributed by atoms with Crippen LogP contribution in [0.2, 0.25) is 0 Å². The molecule has 0 radical (unpaired) electrons. The molecule has 0 aromatic heterocycles. The summed E-state index contributed by atoms with van der Waals surface area (Å²) in [6, 6.07) is 5.20. The molecule has 0 unspecified atom stereocenters. The van der Waals surface area contributed by atoms with Crippen LogP contribution < -0.4 is 4.72 Å². The van der Waals surface area contributed by atoms with Crippen molar-refractivity contribution in [3.8, 4) is 0 Å². The molecule has 1 aliphatic rings. The molecule has 0 spiro atoms. The van der Waals surface area contributed by atoms with Gasteiger partial charge < -0.3 is 4.74 Å². The summed E-state index contributed by atoms with van der Waals surface area (Å²) in [6.07, 6.45) is 6.20. The number of halogens is 1. The predicted octanol–water partition coefficient (Wildman–Crippen LogP) is 3.39. The Morgan fingerprint density at radius 3 is 2.67 bits per heavy atom. The quantitative estimate of drug-likeness (QED) is 0.775. The van der Waals surface area contributed by atoms with Crippen LogP contribution in [0.15, 0.2) is 27.6 Å². The van der Waals surface area contributed by atoms with Crippen LogP contribution >= 0.6 is 15.9 Å². The Labute approximate surface area is 135 Å². The van der Waals surface area contributed by atoms with Crippen molar-refractivity contribution in [2.75, 3.05) is 13.2 Å². The lowest BCUT2D eigenvalue weighted by molar-refractivity contribution is 0.0321. The first-order chi connectivity index (χ1) is 9.99. The molecule has 1 saturated carbocycles. The lowest BCUT2D eigenvalue weighted by Crippen LogP contribution is -2.29. The summed E-state index contributed by atoms with van der Waals surface area (Å²) in [5.74, 6) is 0. The van der Waals surface area contributed by atoms with Gasteiger partial charge in [0.1, 0.15) is 0 Å². The van der Waals surface area contributed by atoms with E-state index in [0.717, 1.165) is 18.4 Å². The van der Waals surface area contributed by atoms with Crippen molar-refractivity contribution in [2.24, 2.45) is 0 Å². The minimum Gasteiger partial charge on any atom is -0.377 e. The van der Waals surface area contributed by atoms with Gasteiger partial charge in [0, 0.05) is 11.0 Å². The van der Waals surface area contributed by atoms with Crippen molar-refractivity contribution in [3.63, 3.8) is 0 Å². The molecule has 4 nitrogen and oxygen atoms in total. The van der Waals surface area contributed by atoms with Crippen LogP contribution in [0.5, 0.6) is 0 Å². The molecule has 0 aliphatic heterocycles. The van der Waals surface area contributed by atoms with Gasteiger partial charge in [-0.2, -0.15) is 0 Å². The fourth-order valence-electron chi connectivity index (χ4n) is 2.53. The van der Waals surface area contributed by atoms with Crippen LogP contribution in [0.4, 0.5) is 0 Å². The molecule has 0 amide bonds. The number of hydrogen-bond acceptors (Lipinski definition) is 3. The lowest BCUT2D eigenvalue weighted by Gasteiger charge is -2.22. The maximum atomic E-state index is 12.2. The van der Waals surface area contributed by atoms with Crippen molar-refractivity contribution < 1.29 is 13.2 Å². The summed E-state index contributed by atoms with van der Waals surface area (Å²) < 4.78 is 33.3. The summed E-state index contributed by atoms with van der Waals surface area (Å²) >= 11 is 3.30. The monoisotopic (exact) mass is 375 g/mol. The minimum atomic E-state index is -3.49. The minimum absolute atomic E-state index is 0.269.